The highest BCUT2D eigenvalue weighted by Crippen LogP contribution is 2.31. The van der Waals surface area contributed by atoms with Crippen LogP contribution in [0.1, 0.15) is 33.6 Å². The first kappa shape index (κ1) is 11.0. The van der Waals surface area contributed by atoms with Gasteiger partial charge in [-0.05, 0) is 18.8 Å². The molecule has 1 aliphatic carbocycles. The Kier molecular flexibility index (Phi) is 3.35. The summed E-state index contributed by atoms with van der Waals surface area (Å²) >= 11 is 0. The van der Waals surface area contributed by atoms with E-state index in [2.05, 4.69) is 0 Å². The summed E-state index contributed by atoms with van der Waals surface area (Å²) in [5.41, 5.74) is 0. The lowest BCUT2D eigenvalue weighted by Gasteiger charge is -2.21. The fraction of sp³-hybridized carbons (Fsp3) is 1.00. The van der Waals surface area contributed by atoms with E-state index in [-0.39, 0.29) is 5.25 Å². The Bertz CT molecular complexity index is 255. The number of rotatable bonds is 5. The van der Waals surface area contributed by atoms with Crippen molar-refractivity contribution in [2.45, 2.75) is 38.9 Å². The Morgan fingerprint density at radius 2 is 1.92 bits per heavy atom. The minimum absolute atomic E-state index is 0.0637. The molecule has 1 rings (SSSR count). The molecule has 0 aromatic rings. The van der Waals surface area contributed by atoms with Gasteiger partial charge < -0.3 is 0 Å². The van der Waals surface area contributed by atoms with Crippen LogP contribution in [0.15, 0.2) is 0 Å². The first-order valence-electron chi connectivity index (χ1n) is 4.97. The van der Waals surface area contributed by atoms with Crippen LogP contribution in [0.25, 0.3) is 0 Å². The molecule has 0 N–H and O–H groups in total. The molecule has 1 aliphatic rings. The van der Waals surface area contributed by atoms with Crippen molar-refractivity contribution < 1.29 is 8.42 Å². The second-order valence-electron chi connectivity index (χ2n) is 4.09. The second-order valence-corrected chi connectivity index (χ2v) is 6.30. The van der Waals surface area contributed by atoms with Gasteiger partial charge in [-0.15, -0.1) is 0 Å². The van der Waals surface area contributed by atoms with Crippen molar-refractivity contribution >= 4 is 10.0 Å². The molecule has 1 fully saturated rings. The van der Waals surface area contributed by atoms with E-state index < -0.39 is 10.0 Å². The summed E-state index contributed by atoms with van der Waals surface area (Å²) in [5, 5.41) is -0.0637. The van der Waals surface area contributed by atoms with E-state index in [4.69, 9.17) is 0 Å². The number of nitrogens with zero attached hydrogens (tertiary/aromatic N) is 1. The van der Waals surface area contributed by atoms with Crippen molar-refractivity contribution in [2.75, 3.05) is 13.1 Å². The van der Waals surface area contributed by atoms with Crippen molar-refractivity contribution in [1.29, 1.82) is 0 Å². The molecule has 0 amide bonds. The van der Waals surface area contributed by atoms with Crippen molar-refractivity contribution in [1.82, 2.24) is 4.31 Å². The van der Waals surface area contributed by atoms with Crippen LogP contribution in [0, 0.1) is 5.92 Å². The maximum absolute atomic E-state index is 11.8. The van der Waals surface area contributed by atoms with Gasteiger partial charge in [0.1, 0.15) is 0 Å². The Balaban J connectivity index is 2.64. The van der Waals surface area contributed by atoms with Crippen molar-refractivity contribution in [3.63, 3.8) is 0 Å². The van der Waals surface area contributed by atoms with Crippen LogP contribution < -0.4 is 0 Å². The monoisotopic (exact) mass is 205 g/mol. The van der Waals surface area contributed by atoms with Crippen molar-refractivity contribution in [3.8, 4) is 0 Å². The molecule has 0 unspecified atom stereocenters. The van der Waals surface area contributed by atoms with Gasteiger partial charge in [-0.1, -0.05) is 20.8 Å². The van der Waals surface area contributed by atoms with Gasteiger partial charge in [-0.3, -0.25) is 0 Å². The van der Waals surface area contributed by atoms with E-state index >= 15 is 0 Å². The number of hydrogen-bond acceptors (Lipinski definition) is 2. The SMILES string of the molecule is CCN(CC(C)C)S(=O)(=O)C1CC1. The fourth-order valence-electron chi connectivity index (χ4n) is 1.40. The van der Waals surface area contributed by atoms with Gasteiger partial charge in [-0.25, -0.2) is 12.7 Å². The molecule has 13 heavy (non-hydrogen) atoms. The Labute approximate surface area is 81.2 Å². The molecule has 0 bridgehead atoms. The molecule has 0 saturated heterocycles. The van der Waals surface area contributed by atoms with E-state index in [0.29, 0.717) is 19.0 Å². The standard InChI is InChI=1S/C9H19NO2S/c1-4-10(7-8(2)3)13(11,12)9-5-6-9/h8-9H,4-7H2,1-3H3. The predicted octanol–water partition coefficient (Wildman–Crippen LogP) is 1.46. The molecule has 0 aromatic carbocycles. The molecule has 1 saturated carbocycles. The summed E-state index contributed by atoms with van der Waals surface area (Å²) in [7, 11) is -2.94. The quantitative estimate of drug-likeness (QED) is 0.681. The Hall–Kier alpha value is -0.0900. The summed E-state index contributed by atoms with van der Waals surface area (Å²) in [4.78, 5) is 0. The van der Waals surface area contributed by atoms with Gasteiger partial charge in [0, 0.05) is 13.1 Å². The third-order valence-corrected chi connectivity index (χ3v) is 4.67. The fourth-order valence-corrected chi connectivity index (χ4v) is 3.42. The molecule has 0 radical (unpaired) electrons. The highest BCUT2D eigenvalue weighted by atomic mass is 32.2. The van der Waals surface area contributed by atoms with E-state index in [0.717, 1.165) is 12.8 Å². The molecule has 0 aromatic heterocycles. The topological polar surface area (TPSA) is 37.4 Å². The van der Waals surface area contributed by atoms with Crippen molar-refractivity contribution in [2.24, 2.45) is 5.92 Å². The Morgan fingerprint density at radius 1 is 1.38 bits per heavy atom. The van der Waals surface area contributed by atoms with E-state index in [1.165, 1.54) is 0 Å². The summed E-state index contributed by atoms with van der Waals surface area (Å²) < 4.78 is 25.2. The van der Waals surface area contributed by atoms with Crippen LogP contribution in [-0.4, -0.2) is 31.1 Å². The number of sulfonamides is 1. The van der Waals surface area contributed by atoms with Crippen LogP contribution in [0.5, 0.6) is 0 Å². The maximum Gasteiger partial charge on any atom is 0.216 e. The van der Waals surface area contributed by atoms with Crippen LogP contribution in [-0.2, 0) is 10.0 Å². The Morgan fingerprint density at radius 3 is 2.23 bits per heavy atom. The summed E-state index contributed by atoms with van der Waals surface area (Å²) in [6.07, 6.45) is 1.72. The molecule has 3 nitrogen and oxygen atoms in total. The average Bonchev–Trinajstić information content (AvgIpc) is 2.81. The highest BCUT2D eigenvalue weighted by Gasteiger charge is 2.39. The van der Waals surface area contributed by atoms with E-state index in [9.17, 15) is 8.42 Å². The van der Waals surface area contributed by atoms with Gasteiger partial charge >= 0.3 is 0 Å². The lowest BCUT2D eigenvalue weighted by Crippen LogP contribution is -2.36. The lowest BCUT2D eigenvalue weighted by atomic mass is 10.2. The summed E-state index contributed by atoms with van der Waals surface area (Å²) in [6, 6.07) is 0. The maximum atomic E-state index is 11.8. The molecule has 78 valence electrons. The molecule has 0 aliphatic heterocycles. The summed E-state index contributed by atoms with van der Waals surface area (Å²) in [5.74, 6) is 0.411. The van der Waals surface area contributed by atoms with Crippen LogP contribution in [0.2, 0.25) is 0 Å². The molecule has 0 spiro atoms. The minimum Gasteiger partial charge on any atom is -0.212 e. The van der Waals surface area contributed by atoms with Gasteiger partial charge in [0.05, 0.1) is 5.25 Å². The lowest BCUT2D eigenvalue weighted by molar-refractivity contribution is 0.380. The minimum atomic E-state index is -2.94. The molecular weight excluding hydrogens is 186 g/mol. The van der Waals surface area contributed by atoms with Gasteiger partial charge in [0.15, 0.2) is 0 Å². The zero-order valence-corrected chi connectivity index (χ0v) is 9.47. The highest BCUT2D eigenvalue weighted by molar-refractivity contribution is 7.90. The van der Waals surface area contributed by atoms with E-state index in [1.807, 2.05) is 20.8 Å². The summed E-state index contributed by atoms with van der Waals surface area (Å²) in [6.45, 7) is 7.27. The number of hydrogen-bond donors (Lipinski definition) is 0. The molecule has 4 heteroatoms. The largest absolute Gasteiger partial charge is 0.216 e. The predicted molar refractivity (Wildman–Crippen MR) is 54.0 cm³/mol. The zero-order chi connectivity index (χ0) is 10.1. The molecule has 0 heterocycles. The smallest absolute Gasteiger partial charge is 0.212 e. The van der Waals surface area contributed by atoms with Gasteiger partial charge in [-0.2, -0.15) is 0 Å². The van der Waals surface area contributed by atoms with Gasteiger partial charge in [0.25, 0.3) is 0 Å². The first-order chi connectivity index (χ1) is 5.98. The third-order valence-electron chi connectivity index (χ3n) is 2.23. The van der Waals surface area contributed by atoms with Crippen LogP contribution in [0.3, 0.4) is 0 Å². The van der Waals surface area contributed by atoms with Crippen LogP contribution >= 0.6 is 0 Å². The van der Waals surface area contributed by atoms with Gasteiger partial charge in [0.2, 0.25) is 10.0 Å². The third kappa shape index (κ3) is 2.68. The molecule has 0 atom stereocenters. The first-order valence-corrected chi connectivity index (χ1v) is 6.47. The van der Waals surface area contributed by atoms with E-state index in [1.54, 1.807) is 4.31 Å². The van der Waals surface area contributed by atoms with Crippen molar-refractivity contribution in [3.05, 3.63) is 0 Å². The normalized spacial score (nSPS) is 18.5. The molecular formula is C9H19NO2S. The average molecular weight is 205 g/mol. The zero-order valence-electron chi connectivity index (χ0n) is 8.66. The second kappa shape index (κ2) is 3.96. The van der Waals surface area contributed by atoms with Crippen LogP contribution in [0.4, 0.5) is 0 Å².